The summed E-state index contributed by atoms with van der Waals surface area (Å²) in [6.07, 6.45) is 1.76. The summed E-state index contributed by atoms with van der Waals surface area (Å²) in [7, 11) is 3.39. The van der Waals surface area contributed by atoms with Crippen molar-refractivity contribution in [3.05, 3.63) is 17.0 Å². The second kappa shape index (κ2) is 6.54. The molecule has 0 aliphatic heterocycles. The summed E-state index contributed by atoms with van der Waals surface area (Å²) in [5, 5.41) is 13.4. The summed E-state index contributed by atoms with van der Waals surface area (Å²) in [5.41, 5.74) is 2.88. The number of carbonyl (C=O) groups is 2. The van der Waals surface area contributed by atoms with E-state index in [1.807, 2.05) is 25.6 Å². The number of carbonyl (C=O) groups excluding carboxylic acids is 1. The lowest BCUT2D eigenvalue weighted by atomic mass is 10.0. The lowest BCUT2D eigenvalue weighted by Crippen LogP contribution is -2.41. The fourth-order valence-electron chi connectivity index (χ4n) is 2.25. The predicted molar refractivity (Wildman–Crippen MR) is 75.5 cm³/mol. The Bertz CT molecular complexity index is 508. The summed E-state index contributed by atoms with van der Waals surface area (Å²) in [5.74, 6) is -1.20. The molecule has 0 saturated heterocycles. The Morgan fingerprint density at radius 3 is 2.40 bits per heavy atom. The fraction of sp³-hybridized carbons (Fsp3) is 0.643. The van der Waals surface area contributed by atoms with Gasteiger partial charge < -0.3 is 10.0 Å². The van der Waals surface area contributed by atoms with E-state index in [1.165, 1.54) is 18.9 Å². The number of amides is 1. The normalized spacial score (nSPS) is 12.2. The van der Waals surface area contributed by atoms with E-state index in [1.54, 1.807) is 0 Å². The molecule has 112 valence electrons. The molecule has 6 nitrogen and oxygen atoms in total. The van der Waals surface area contributed by atoms with Crippen molar-refractivity contribution < 1.29 is 14.7 Å². The zero-order valence-corrected chi connectivity index (χ0v) is 12.8. The van der Waals surface area contributed by atoms with Crippen LogP contribution in [0.4, 0.5) is 0 Å². The maximum absolute atomic E-state index is 12.2. The van der Waals surface area contributed by atoms with E-state index in [9.17, 15) is 9.59 Å². The van der Waals surface area contributed by atoms with Crippen LogP contribution in [0.5, 0.6) is 0 Å². The van der Waals surface area contributed by atoms with E-state index >= 15 is 0 Å². The number of carboxylic acid groups (broad SMARTS) is 1. The molecule has 1 heterocycles. The molecule has 0 aliphatic carbocycles. The Morgan fingerprint density at radius 2 is 1.95 bits per heavy atom. The number of rotatable bonds is 6. The minimum atomic E-state index is -1.00. The van der Waals surface area contributed by atoms with Gasteiger partial charge in [-0.25, -0.2) is 4.79 Å². The molecular weight excluding hydrogens is 258 g/mol. The summed E-state index contributed by atoms with van der Waals surface area (Å²) in [6.45, 7) is 5.53. The van der Waals surface area contributed by atoms with Crippen LogP contribution in [0.3, 0.4) is 0 Å². The summed E-state index contributed by atoms with van der Waals surface area (Å²) in [6, 6.07) is -0.825. The smallest absolute Gasteiger partial charge is 0.326 e. The first kappa shape index (κ1) is 16.2. The third-order valence-electron chi connectivity index (χ3n) is 3.69. The standard InChI is InChI=1S/C14H23N3O3/c1-6-11-10(12(7-2)17(5)15-11)8-13(18)16(4)9(3)14(19)20/h9H,6-8H2,1-5H3,(H,19,20). The molecule has 0 bridgehead atoms. The third kappa shape index (κ3) is 3.18. The molecular formula is C14H23N3O3. The van der Waals surface area contributed by atoms with Crippen LogP contribution >= 0.6 is 0 Å². The molecule has 0 saturated carbocycles. The van der Waals surface area contributed by atoms with Crippen LogP contribution in [0.1, 0.15) is 37.7 Å². The van der Waals surface area contributed by atoms with Crippen LogP contribution in [-0.4, -0.2) is 44.8 Å². The Morgan fingerprint density at radius 1 is 1.35 bits per heavy atom. The third-order valence-corrected chi connectivity index (χ3v) is 3.69. The van der Waals surface area contributed by atoms with E-state index in [0.29, 0.717) is 0 Å². The van der Waals surface area contributed by atoms with Crippen LogP contribution in [0.2, 0.25) is 0 Å². The van der Waals surface area contributed by atoms with Gasteiger partial charge in [-0.3, -0.25) is 9.48 Å². The van der Waals surface area contributed by atoms with Crippen molar-refractivity contribution in [1.82, 2.24) is 14.7 Å². The molecule has 1 atom stereocenters. The lowest BCUT2D eigenvalue weighted by Gasteiger charge is -2.21. The van der Waals surface area contributed by atoms with Crippen molar-refractivity contribution in [2.24, 2.45) is 7.05 Å². The second-order valence-electron chi connectivity index (χ2n) is 4.90. The molecule has 20 heavy (non-hydrogen) atoms. The molecule has 1 unspecified atom stereocenters. The maximum Gasteiger partial charge on any atom is 0.326 e. The number of aryl methyl sites for hydroxylation is 2. The SMILES string of the molecule is CCc1nn(C)c(CC)c1CC(=O)N(C)C(C)C(=O)O. The van der Waals surface area contributed by atoms with Gasteiger partial charge in [0, 0.05) is 25.4 Å². The molecule has 1 aromatic rings. The van der Waals surface area contributed by atoms with Gasteiger partial charge in [0.2, 0.25) is 5.91 Å². The number of hydrogen-bond donors (Lipinski definition) is 1. The fourth-order valence-corrected chi connectivity index (χ4v) is 2.25. The number of carboxylic acids is 1. The van der Waals surface area contributed by atoms with Crippen LogP contribution in [0.15, 0.2) is 0 Å². The Labute approximate surface area is 119 Å². The molecule has 0 aliphatic rings. The van der Waals surface area contributed by atoms with Crippen molar-refractivity contribution in [3.8, 4) is 0 Å². The Hall–Kier alpha value is -1.85. The topological polar surface area (TPSA) is 75.4 Å². The van der Waals surface area contributed by atoms with Crippen LogP contribution < -0.4 is 0 Å². The van der Waals surface area contributed by atoms with Gasteiger partial charge in [-0.1, -0.05) is 13.8 Å². The maximum atomic E-state index is 12.2. The van der Waals surface area contributed by atoms with E-state index in [4.69, 9.17) is 5.11 Å². The van der Waals surface area contributed by atoms with Crippen LogP contribution in [0, 0.1) is 0 Å². The zero-order chi connectivity index (χ0) is 15.4. The van der Waals surface area contributed by atoms with Gasteiger partial charge in [0.15, 0.2) is 0 Å². The van der Waals surface area contributed by atoms with E-state index in [-0.39, 0.29) is 12.3 Å². The van der Waals surface area contributed by atoms with Gasteiger partial charge in [-0.15, -0.1) is 0 Å². The molecule has 1 N–H and O–H groups in total. The highest BCUT2D eigenvalue weighted by Gasteiger charge is 2.24. The highest BCUT2D eigenvalue weighted by atomic mass is 16.4. The quantitative estimate of drug-likeness (QED) is 0.844. The van der Waals surface area contributed by atoms with Crippen LogP contribution in [-0.2, 0) is 35.9 Å². The first-order chi connectivity index (χ1) is 9.33. The first-order valence-corrected chi connectivity index (χ1v) is 6.85. The molecule has 1 rings (SSSR count). The molecule has 0 fully saturated rings. The Kier molecular flexibility index (Phi) is 5.30. The van der Waals surface area contributed by atoms with Crippen molar-refractivity contribution >= 4 is 11.9 Å². The van der Waals surface area contributed by atoms with Gasteiger partial charge in [-0.2, -0.15) is 5.10 Å². The molecule has 6 heteroatoms. The number of hydrogen-bond acceptors (Lipinski definition) is 3. The van der Waals surface area contributed by atoms with E-state index < -0.39 is 12.0 Å². The number of nitrogens with zero attached hydrogens (tertiary/aromatic N) is 3. The summed E-state index contributed by atoms with van der Waals surface area (Å²) >= 11 is 0. The van der Waals surface area contributed by atoms with Gasteiger partial charge >= 0.3 is 5.97 Å². The largest absolute Gasteiger partial charge is 0.480 e. The second-order valence-corrected chi connectivity index (χ2v) is 4.90. The van der Waals surface area contributed by atoms with E-state index in [2.05, 4.69) is 5.10 Å². The molecule has 0 spiro atoms. The summed E-state index contributed by atoms with van der Waals surface area (Å²) < 4.78 is 1.81. The van der Waals surface area contributed by atoms with Gasteiger partial charge in [0.1, 0.15) is 6.04 Å². The zero-order valence-electron chi connectivity index (χ0n) is 12.8. The molecule has 1 amide bonds. The van der Waals surface area contributed by atoms with Gasteiger partial charge in [0.25, 0.3) is 0 Å². The highest BCUT2D eigenvalue weighted by Crippen LogP contribution is 2.17. The number of aromatic nitrogens is 2. The number of aliphatic carboxylic acids is 1. The van der Waals surface area contributed by atoms with Crippen molar-refractivity contribution in [3.63, 3.8) is 0 Å². The predicted octanol–water partition coefficient (Wildman–Crippen LogP) is 1.02. The molecule has 0 aromatic carbocycles. The number of likely N-dealkylation sites (N-methyl/N-ethyl adjacent to an activating group) is 1. The monoisotopic (exact) mass is 281 g/mol. The average molecular weight is 281 g/mol. The van der Waals surface area contributed by atoms with Gasteiger partial charge in [-0.05, 0) is 19.8 Å². The molecule has 0 radical (unpaired) electrons. The summed E-state index contributed by atoms with van der Waals surface area (Å²) in [4.78, 5) is 24.4. The molecule has 1 aromatic heterocycles. The van der Waals surface area contributed by atoms with Gasteiger partial charge in [0.05, 0.1) is 12.1 Å². The minimum Gasteiger partial charge on any atom is -0.480 e. The first-order valence-electron chi connectivity index (χ1n) is 6.85. The van der Waals surface area contributed by atoms with Crippen molar-refractivity contribution in [2.75, 3.05) is 7.05 Å². The lowest BCUT2D eigenvalue weighted by molar-refractivity contribution is -0.148. The van der Waals surface area contributed by atoms with Crippen molar-refractivity contribution in [2.45, 2.75) is 46.1 Å². The Balaban J connectivity index is 2.98. The van der Waals surface area contributed by atoms with Crippen LogP contribution in [0.25, 0.3) is 0 Å². The average Bonchev–Trinajstić information content (AvgIpc) is 2.71. The minimum absolute atomic E-state index is 0.197. The van der Waals surface area contributed by atoms with E-state index in [0.717, 1.165) is 29.8 Å². The van der Waals surface area contributed by atoms with Crippen molar-refractivity contribution in [1.29, 1.82) is 0 Å². The highest BCUT2D eigenvalue weighted by molar-refractivity contribution is 5.84.